The van der Waals surface area contributed by atoms with Gasteiger partial charge in [-0.05, 0) is 30.3 Å². The van der Waals surface area contributed by atoms with Crippen molar-refractivity contribution in [2.75, 3.05) is 11.1 Å². The second-order valence-electron chi connectivity index (χ2n) is 6.25. The van der Waals surface area contributed by atoms with Gasteiger partial charge >= 0.3 is 0 Å². The Morgan fingerprint density at radius 3 is 2.97 bits per heavy atom. The lowest BCUT2D eigenvalue weighted by atomic mass is 10.2. The molecule has 4 aromatic rings. The number of fused-ring (bicyclic) bond motifs is 1. The fourth-order valence-corrected chi connectivity index (χ4v) is 4.88. The number of benzene rings is 1. The third kappa shape index (κ3) is 4.21. The van der Waals surface area contributed by atoms with E-state index in [1.165, 1.54) is 27.7 Å². The van der Waals surface area contributed by atoms with Crippen molar-refractivity contribution in [2.24, 2.45) is 0 Å². The molecule has 0 aliphatic rings. The van der Waals surface area contributed by atoms with Crippen LogP contribution in [0.4, 0.5) is 5.69 Å². The number of halogens is 1. The second-order valence-corrected chi connectivity index (χ2v) is 8.49. The summed E-state index contributed by atoms with van der Waals surface area (Å²) in [6.07, 6.45) is 3.20. The molecule has 0 spiro atoms. The predicted molar refractivity (Wildman–Crippen MR) is 123 cm³/mol. The van der Waals surface area contributed by atoms with Crippen LogP contribution in [0.1, 0.15) is 0 Å². The van der Waals surface area contributed by atoms with E-state index < -0.39 is 0 Å². The van der Waals surface area contributed by atoms with E-state index in [0.717, 1.165) is 0 Å². The molecule has 0 radical (unpaired) electrons. The Labute approximate surface area is 185 Å². The fraction of sp³-hybridized carbons (Fsp3) is 0.0952. The minimum Gasteiger partial charge on any atom is -0.464 e. The number of amides is 1. The lowest BCUT2D eigenvalue weighted by Gasteiger charge is -2.11. The van der Waals surface area contributed by atoms with Gasteiger partial charge in [-0.3, -0.25) is 14.2 Å². The van der Waals surface area contributed by atoms with Gasteiger partial charge in [-0.2, -0.15) is 0 Å². The molecule has 0 atom stereocenters. The molecular weight excluding hydrogens is 442 g/mol. The molecule has 0 aliphatic heterocycles. The van der Waals surface area contributed by atoms with Gasteiger partial charge in [0.25, 0.3) is 5.56 Å². The third-order valence-electron chi connectivity index (χ3n) is 4.20. The summed E-state index contributed by atoms with van der Waals surface area (Å²) in [7, 11) is 0. The molecule has 152 valence electrons. The molecule has 0 bridgehead atoms. The van der Waals surface area contributed by atoms with Gasteiger partial charge in [0.05, 0.1) is 17.4 Å². The third-order valence-corrected chi connectivity index (χ3v) is 6.28. The van der Waals surface area contributed by atoms with Crippen LogP contribution in [-0.4, -0.2) is 21.2 Å². The molecule has 1 N–H and O–H groups in total. The maximum Gasteiger partial charge on any atom is 0.263 e. The highest BCUT2D eigenvalue weighted by molar-refractivity contribution is 7.99. The first-order valence-electron chi connectivity index (χ1n) is 8.92. The Bertz CT molecular complexity index is 1280. The van der Waals surface area contributed by atoms with Gasteiger partial charge in [-0.1, -0.05) is 35.5 Å². The van der Waals surface area contributed by atoms with Gasteiger partial charge in [0, 0.05) is 28.2 Å². The molecule has 0 saturated carbocycles. The summed E-state index contributed by atoms with van der Waals surface area (Å²) in [5.41, 5.74) is 1.14. The standard InChI is InChI=1S/C21H16ClN3O3S2/c1-2-8-25-20(27)18-15(16-7-4-9-28-16)11-29-19(18)24-21(25)30-12-17(26)23-14-6-3-5-13(22)10-14/h2-7,9-11H,1,8,12H2,(H,23,26). The smallest absolute Gasteiger partial charge is 0.263 e. The lowest BCUT2D eigenvalue weighted by molar-refractivity contribution is -0.113. The number of anilines is 1. The van der Waals surface area contributed by atoms with Crippen molar-refractivity contribution in [2.45, 2.75) is 11.7 Å². The van der Waals surface area contributed by atoms with Gasteiger partial charge in [0.1, 0.15) is 10.6 Å². The van der Waals surface area contributed by atoms with Crippen LogP contribution < -0.4 is 10.9 Å². The van der Waals surface area contributed by atoms with Crippen molar-refractivity contribution in [3.05, 3.63) is 76.1 Å². The van der Waals surface area contributed by atoms with Crippen LogP contribution in [0.2, 0.25) is 5.02 Å². The number of thioether (sulfide) groups is 1. The number of carbonyl (C=O) groups is 1. The minimum absolute atomic E-state index is 0.0953. The highest BCUT2D eigenvalue weighted by Crippen LogP contribution is 2.32. The van der Waals surface area contributed by atoms with Crippen molar-refractivity contribution in [3.8, 4) is 11.3 Å². The first-order valence-corrected chi connectivity index (χ1v) is 11.2. The SMILES string of the molecule is C=CCn1c(SCC(=O)Nc2cccc(Cl)c2)nc2scc(-c3ccco3)c2c1=O. The van der Waals surface area contributed by atoms with Crippen LogP contribution in [-0.2, 0) is 11.3 Å². The van der Waals surface area contributed by atoms with Crippen molar-refractivity contribution < 1.29 is 9.21 Å². The monoisotopic (exact) mass is 457 g/mol. The summed E-state index contributed by atoms with van der Waals surface area (Å²) in [5, 5.41) is 6.15. The van der Waals surface area contributed by atoms with E-state index in [2.05, 4.69) is 16.9 Å². The van der Waals surface area contributed by atoms with Crippen LogP contribution in [0.5, 0.6) is 0 Å². The van der Waals surface area contributed by atoms with Gasteiger partial charge in [-0.25, -0.2) is 4.98 Å². The Morgan fingerprint density at radius 2 is 2.23 bits per heavy atom. The molecule has 1 aromatic carbocycles. The van der Waals surface area contributed by atoms with Gasteiger partial charge in [0.2, 0.25) is 5.91 Å². The summed E-state index contributed by atoms with van der Waals surface area (Å²) in [6.45, 7) is 4.02. The lowest BCUT2D eigenvalue weighted by Crippen LogP contribution is -2.23. The Balaban J connectivity index is 1.62. The minimum atomic E-state index is -0.218. The zero-order valence-corrected chi connectivity index (χ0v) is 18.0. The van der Waals surface area contributed by atoms with Crippen molar-refractivity contribution in [3.63, 3.8) is 0 Å². The van der Waals surface area contributed by atoms with E-state index >= 15 is 0 Å². The van der Waals surface area contributed by atoms with Crippen molar-refractivity contribution in [1.82, 2.24) is 9.55 Å². The number of furan rings is 1. The number of allylic oxidation sites excluding steroid dienone is 1. The molecule has 9 heteroatoms. The summed E-state index contributed by atoms with van der Waals surface area (Å²) in [4.78, 5) is 30.8. The predicted octanol–water partition coefficient (Wildman–Crippen LogP) is 5.29. The zero-order valence-electron chi connectivity index (χ0n) is 15.6. The molecule has 3 heterocycles. The highest BCUT2D eigenvalue weighted by Gasteiger charge is 2.19. The van der Waals surface area contributed by atoms with E-state index in [9.17, 15) is 9.59 Å². The summed E-state index contributed by atoms with van der Waals surface area (Å²) >= 11 is 8.51. The van der Waals surface area contributed by atoms with Crippen LogP contribution in [0.25, 0.3) is 21.5 Å². The quantitative estimate of drug-likeness (QED) is 0.232. The van der Waals surface area contributed by atoms with Crippen LogP contribution in [0, 0.1) is 0 Å². The summed E-state index contributed by atoms with van der Waals surface area (Å²) in [6, 6.07) is 10.5. The fourth-order valence-electron chi connectivity index (χ4n) is 2.91. The largest absolute Gasteiger partial charge is 0.464 e. The normalized spacial score (nSPS) is 11.0. The number of nitrogens with zero attached hydrogens (tertiary/aromatic N) is 2. The van der Waals surface area contributed by atoms with E-state index in [1.807, 2.05) is 11.4 Å². The van der Waals surface area contributed by atoms with Gasteiger partial charge in [0.15, 0.2) is 5.16 Å². The average molecular weight is 458 g/mol. The first kappa shape index (κ1) is 20.5. The molecule has 0 aliphatic carbocycles. The number of nitrogens with one attached hydrogen (secondary N) is 1. The van der Waals surface area contributed by atoms with Crippen molar-refractivity contribution in [1.29, 1.82) is 0 Å². The van der Waals surface area contributed by atoms with E-state index in [-0.39, 0.29) is 23.8 Å². The molecule has 3 aromatic heterocycles. The van der Waals surface area contributed by atoms with E-state index in [0.29, 0.717) is 37.4 Å². The Hall–Kier alpha value is -2.81. The molecule has 6 nitrogen and oxygen atoms in total. The number of thiophene rings is 1. The number of carbonyl (C=O) groups excluding carboxylic acids is 1. The van der Waals surface area contributed by atoms with Crippen LogP contribution in [0.15, 0.2) is 75.1 Å². The molecule has 0 unspecified atom stereocenters. The molecule has 0 saturated heterocycles. The Kier molecular flexibility index (Phi) is 6.08. The number of aromatic nitrogens is 2. The van der Waals surface area contributed by atoms with Gasteiger partial charge in [-0.15, -0.1) is 17.9 Å². The molecule has 30 heavy (non-hydrogen) atoms. The van der Waals surface area contributed by atoms with Crippen LogP contribution >= 0.6 is 34.7 Å². The summed E-state index contributed by atoms with van der Waals surface area (Å²) < 4.78 is 6.98. The van der Waals surface area contributed by atoms with Crippen LogP contribution in [0.3, 0.4) is 0 Å². The molecule has 1 amide bonds. The Morgan fingerprint density at radius 1 is 1.37 bits per heavy atom. The first-order chi connectivity index (χ1) is 14.6. The van der Waals surface area contributed by atoms with E-state index in [1.54, 1.807) is 42.7 Å². The molecule has 4 rings (SSSR count). The van der Waals surface area contributed by atoms with Gasteiger partial charge < -0.3 is 9.73 Å². The average Bonchev–Trinajstić information content (AvgIpc) is 3.38. The number of hydrogen-bond acceptors (Lipinski definition) is 6. The maximum atomic E-state index is 13.2. The number of rotatable bonds is 7. The topological polar surface area (TPSA) is 77.1 Å². The van der Waals surface area contributed by atoms with Crippen molar-refractivity contribution >= 4 is 56.5 Å². The van der Waals surface area contributed by atoms with E-state index in [4.69, 9.17) is 16.0 Å². The second kappa shape index (κ2) is 8.91. The number of hydrogen-bond donors (Lipinski definition) is 1. The highest BCUT2D eigenvalue weighted by atomic mass is 35.5. The maximum absolute atomic E-state index is 13.2. The zero-order chi connectivity index (χ0) is 21.1. The summed E-state index contributed by atoms with van der Waals surface area (Å²) in [5.74, 6) is 0.494. The molecule has 0 fully saturated rings. The molecular formula is C21H16ClN3O3S2.